The maximum Gasteiger partial charge on any atom is 0.270 e. The second-order valence-corrected chi connectivity index (χ2v) is 6.37. The molecule has 0 unspecified atom stereocenters. The average molecular weight is 301 g/mol. The van der Waals surface area contributed by atoms with E-state index in [9.17, 15) is 9.59 Å². The van der Waals surface area contributed by atoms with Crippen molar-refractivity contribution in [2.24, 2.45) is 12.5 Å². The molecular formula is C17H23N3O2. The van der Waals surface area contributed by atoms with Crippen molar-refractivity contribution in [3.63, 3.8) is 0 Å². The minimum atomic E-state index is -0.242. The van der Waals surface area contributed by atoms with Crippen LogP contribution >= 0.6 is 0 Å². The van der Waals surface area contributed by atoms with Gasteiger partial charge in [-0.3, -0.25) is 9.59 Å². The lowest BCUT2D eigenvalue weighted by Gasteiger charge is -2.38. The van der Waals surface area contributed by atoms with E-state index in [1.165, 1.54) is 0 Å². The molecule has 0 bridgehead atoms. The van der Waals surface area contributed by atoms with Gasteiger partial charge in [-0.05, 0) is 31.4 Å². The Bertz CT molecular complexity index is 597. The number of carbonyl (C=O) groups excluding carboxylic acids is 2. The predicted molar refractivity (Wildman–Crippen MR) is 84.4 cm³/mol. The Morgan fingerprint density at radius 3 is 2.59 bits per heavy atom. The number of likely N-dealkylation sites (tertiary alicyclic amines) is 2. The van der Waals surface area contributed by atoms with E-state index in [2.05, 4.69) is 6.58 Å². The monoisotopic (exact) mass is 301 g/mol. The summed E-state index contributed by atoms with van der Waals surface area (Å²) < 4.78 is 1.85. The van der Waals surface area contributed by atoms with Crippen LogP contribution in [0.25, 0.3) is 0 Å². The zero-order chi connectivity index (χ0) is 15.7. The summed E-state index contributed by atoms with van der Waals surface area (Å²) in [6, 6.07) is 3.73. The first-order valence-corrected chi connectivity index (χ1v) is 7.88. The molecule has 3 heterocycles. The number of amides is 2. The highest BCUT2D eigenvalue weighted by molar-refractivity contribution is 5.93. The van der Waals surface area contributed by atoms with Gasteiger partial charge in [-0.1, -0.05) is 6.08 Å². The number of nitrogens with zero attached hydrogens (tertiary/aromatic N) is 3. The molecule has 5 nitrogen and oxygen atoms in total. The Balaban J connectivity index is 1.66. The standard InChI is InChI=1S/C17H23N3O2/c1-3-9-20-13-8-17(16(20)22)6-11-19(12-7-17)15(21)14-5-4-10-18(14)2/h3-5,10H,1,6-9,11-13H2,2H3. The fourth-order valence-corrected chi connectivity index (χ4v) is 3.67. The van der Waals surface area contributed by atoms with Gasteiger partial charge in [0.25, 0.3) is 5.91 Å². The molecule has 5 heteroatoms. The van der Waals surface area contributed by atoms with Crippen molar-refractivity contribution < 1.29 is 9.59 Å². The third-order valence-corrected chi connectivity index (χ3v) is 5.12. The van der Waals surface area contributed by atoms with Crippen LogP contribution in [0, 0.1) is 5.41 Å². The van der Waals surface area contributed by atoms with Gasteiger partial charge in [0, 0.05) is 39.4 Å². The Hall–Kier alpha value is -2.04. The van der Waals surface area contributed by atoms with Crippen molar-refractivity contribution in [1.29, 1.82) is 0 Å². The predicted octanol–water partition coefficient (Wildman–Crippen LogP) is 1.67. The molecule has 22 heavy (non-hydrogen) atoms. The van der Waals surface area contributed by atoms with Gasteiger partial charge in [0.1, 0.15) is 5.69 Å². The van der Waals surface area contributed by atoms with Gasteiger partial charge >= 0.3 is 0 Å². The SMILES string of the molecule is C=CCN1CCC2(CCN(C(=O)c3cccn3C)CC2)C1=O. The Kier molecular flexibility index (Phi) is 3.81. The van der Waals surface area contributed by atoms with Crippen LogP contribution in [0.4, 0.5) is 0 Å². The Labute approximate surface area is 131 Å². The Morgan fingerprint density at radius 2 is 2.00 bits per heavy atom. The summed E-state index contributed by atoms with van der Waals surface area (Å²) >= 11 is 0. The van der Waals surface area contributed by atoms with Crippen LogP contribution in [0.3, 0.4) is 0 Å². The molecular weight excluding hydrogens is 278 g/mol. The smallest absolute Gasteiger partial charge is 0.270 e. The van der Waals surface area contributed by atoms with Crippen molar-refractivity contribution in [2.75, 3.05) is 26.2 Å². The van der Waals surface area contributed by atoms with E-state index in [1.807, 2.05) is 39.7 Å². The molecule has 0 saturated carbocycles. The lowest BCUT2D eigenvalue weighted by Crippen LogP contribution is -2.47. The van der Waals surface area contributed by atoms with Crippen LogP contribution in [0.1, 0.15) is 29.8 Å². The topological polar surface area (TPSA) is 45.5 Å². The highest BCUT2D eigenvalue weighted by Crippen LogP contribution is 2.41. The van der Waals surface area contributed by atoms with Crippen LogP contribution in [0.5, 0.6) is 0 Å². The van der Waals surface area contributed by atoms with Gasteiger partial charge in [0.15, 0.2) is 0 Å². The summed E-state index contributed by atoms with van der Waals surface area (Å²) in [6.45, 7) is 6.49. The second kappa shape index (κ2) is 5.63. The van der Waals surface area contributed by atoms with Gasteiger partial charge in [-0.2, -0.15) is 0 Å². The van der Waals surface area contributed by atoms with E-state index < -0.39 is 0 Å². The van der Waals surface area contributed by atoms with Crippen molar-refractivity contribution in [3.8, 4) is 0 Å². The van der Waals surface area contributed by atoms with Gasteiger partial charge in [-0.25, -0.2) is 0 Å². The zero-order valence-corrected chi connectivity index (χ0v) is 13.1. The minimum Gasteiger partial charge on any atom is -0.347 e. The summed E-state index contributed by atoms with van der Waals surface area (Å²) in [4.78, 5) is 28.9. The van der Waals surface area contributed by atoms with Crippen LogP contribution in [0.15, 0.2) is 31.0 Å². The fourth-order valence-electron chi connectivity index (χ4n) is 3.67. The number of hydrogen-bond acceptors (Lipinski definition) is 2. The number of carbonyl (C=O) groups is 2. The number of piperidine rings is 1. The van der Waals surface area contributed by atoms with Gasteiger partial charge in [0.2, 0.25) is 5.91 Å². The second-order valence-electron chi connectivity index (χ2n) is 6.37. The summed E-state index contributed by atoms with van der Waals surface area (Å²) in [5.41, 5.74) is 0.468. The highest BCUT2D eigenvalue weighted by Gasteiger charge is 2.48. The molecule has 3 rings (SSSR count). The van der Waals surface area contributed by atoms with E-state index in [0.29, 0.717) is 25.3 Å². The summed E-state index contributed by atoms with van der Waals surface area (Å²) in [5.74, 6) is 0.314. The zero-order valence-electron chi connectivity index (χ0n) is 13.1. The number of aromatic nitrogens is 1. The molecule has 2 fully saturated rings. The van der Waals surface area contributed by atoms with Crippen molar-refractivity contribution in [3.05, 3.63) is 36.7 Å². The van der Waals surface area contributed by atoms with Crippen LogP contribution in [-0.2, 0) is 11.8 Å². The summed E-state index contributed by atoms with van der Waals surface area (Å²) in [6.07, 6.45) is 6.12. The molecule has 1 aromatic heterocycles. The largest absolute Gasteiger partial charge is 0.347 e. The Morgan fingerprint density at radius 1 is 1.32 bits per heavy atom. The number of hydrogen-bond donors (Lipinski definition) is 0. The molecule has 0 radical (unpaired) electrons. The van der Waals surface area contributed by atoms with Gasteiger partial charge in [-0.15, -0.1) is 6.58 Å². The molecule has 0 N–H and O–H groups in total. The third kappa shape index (κ3) is 2.34. The quantitative estimate of drug-likeness (QED) is 0.797. The third-order valence-electron chi connectivity index (χ3n) is 5.12. The summed E-state index contributed by atoms with van der Waals surface area (Å²) in [7, 11) is 1.88. The molecule has 0 atom stereocenters. The molecule has 1 spiro atoms. The molecule has 0 aromatic carbocycles. The molecule has 1 aromatic rings. The van der Waals surface area contributed by atoms with E-state index in [0.717, 1.165) is 25.8 Å². The van der Waals surface area contributed by atoms with E-state index in [-0.39, 0.29) is 17.2 Å². The maximum atomic E-state index is 12.6. The van der Waals surface area contributed by atoms with E-state index >= 15 is 0 Å². The van der Waals surface area contributed by atoms with Crippen molar-refractivity contribution in [2.45, 2.75) is 19.3 Å². The molecule has 2 amide bonds. The molecule has 118 valence electrons. The van der Waals surface area contributed by atoms with Gasteiger partial charge < -0.3 is 14.4 Å². The van der Waals surface area contributed by atoms with Crippen molar-refractivity contribution in [1.82, 2.24) is 14.4 Å². The lowest BCUT2D eigenvalue weighted by atomic mass is 9.77. The van der Waals surface area contributed by atoms with Crippen LogP contribution in [0.2, 0.25) is 0 Å². The molecule has 2 saturated heterocycles. The minimum absolute atomic E-state index is 0.0655. The summed E-state index contributed by atoms with van der Waals surface area (Å²) in [5, 5.41) is 0. The highest BCUT2D eigenvalue weighted by atomic mass is 16.2. The first-order chi connectivity index (χ1) is 10.6. The fraction of sp³-hybridized carbons (Fsp3) is 0.529. The molecule has 2 aliphatic heterocycles. The normalized spacial score (nSPS) is 20.7. The molecule has 2 aliphatic rings. The first-order valence-electron chi connectivity index (χ1n) is 7.88. The van der Waals surface area contributed by atoms with Crippen molar-refractivity contribution >= 4 is 11.8 Å². The van der Waals surface area contributed by atoms with Crippen LogP contribution in [-0.4, -0.2) is 52.4 Å². The first kappa shape index (κ1) is 14.9. The maximum absolute atomic E-state index is 12.6. The number of rotatable bonds is 3. The average Bonchev–Trinajstić information content (AvgIpc) is 3.07. The lowest BCUT2D eigenvalue weighted by molar-refractivity contribution is -0.137. The molecule has 0 aliphatic carbocycles. The number of aryl methyl sites for hydroxylation is 1. The van der Waals surface area contributed by atoms with Gasteiger partial charge in [0.05, 0.1) is 5.41 Å². The van der Waals surface area contributed by atoms with E-state index in [4.69, 9.17) is 0 Å². The van der Waals surface area contributed by atoms with Crippen LogP contribution < -0.4 is 0 Å². The van der Waals surface area contributed by atoms with E-state index in [1.54, 1.807) is 6.08 Å².